The second-order valence-corrected chi connectivity index (χ2v) is 21.2. The Morgan fingerprint density at radius 1 is 0.742 bits per heavy atom. The molecular formula is C44H51Cl2N7O7S2. The van der Waals surface area contributed by atoms with Gasteiger partial charge in [-0.2, -0.15) is 5.10 Å². The summed E-state index contributed by atoms with van der Waals surface area (Å²) in [5.74, 6) is 0.0154. The number of rotatable bonds is 16. The zero-order valence-electron chi connectivity index (χ0n) is 35.6. The van der Waals surface area contributed by atoms with Gasteiger partial charge in [-0.3, -0.25) is 9.44 Å². The average molecular weight is 925 g/mol. The maximum absolute atomic E-state index is 14.1. The van der Waals surface area contributed by atoms with Crippen molar-refractivity contribution in [1.29, 1.82) is 0 Å². The van der Waals surface area contributed by atoms with Crippen molar-refractivity contribution in [3.63, 3.8) is 0 Å². The summed E-state index contributed by atoms with van der Waals surface area (Å²) in [4.78, 5) is 10.2. The number of ether oxygens (including phenoxy) is 1. The molecule has 14 nitrogen and oxygen atoms in total. The summed E-state index contributed by atoms with van der Waals surface area (Å²) in [5.41, 5.74) is 2.09. The number of unbranched alkanes of at least 4 members (excludes halogenated alkanes) is 5. The summed E-state index contributed by atoms with van der Waals surface area (Å²) in [6.45, 7) is 14.1. The van der Waals surface area contributed by atoms with E-state index in [1.54, 1.807) is 30.3 Å². The lowest BCUT2D eigenvalue weighted by atomic mass is 9.87. The fourth-order valence-corrected chi connectivity index (χ4v) is 9.36. The molecule has 0 saturated carbocycles. The molecule has 4 aromatic carbocycles. The third-order valence-electron chi connectivity index (χ3n) is 9.93. The molecule has 1 aliphatic rings. The summed E-state index contributed by atoms with van der Waals surface area (Å²) in [5, 5.41) is 30.1. The molecule has 2 heterocycles. The highest BCUT2D eigenvalue weighted by atomic mass is 35.5. The molecule has 0 radical (unpaired) electrons. The number of sulfonamides is 2. The van der Waals surface area contributed by atoms with Gasteiger partial charge in [0.15, 0.2) is 11.6 Å². The number of benzene rings is 4. The molecule has 62 heavy (non-hydrogen) atoms. The van der Waals surface area contributed by atoms with Crippen LogP contribution >= 0.6 is 23.2 Å². The van der Waals surface area contributed by atoms with E-state index in [0.29, 0.717) is 40.7 Å². The summed E-state index contributed by atoms with van der Waals surface area (Å²) < 4.78 is 66.3. The Bertz CT molecular complexity index is 2740. The quantitative estimate of drug-likeness (QED) is 0.0696. The van der Waals surface area contributed by atoms with Crippen LogP contribution in [0.15, 0.2) is 92.7 Å². The first kappa shape index (κ1) is 46.3. The number of fused-ring (bicyclic) bond motifs is 1. The molecule has 0 aliphatic carbocycles. The SMILES string of the molecule is CCCCCCCCOc1ccc(NS(=O)(=O)c2ccc(C(C)(C)C)cc2O)cc1S(=O)(=O)Nc1ccc(-c2nc3n(n2)N=C(C(C)(C)C)C3=Nc2cc(Cl)c(O)c(Cl)c2)cc1. The van der Waals surface area contributed by atoms with Crippen LogP contribution in [0.25, 0.3) is 11.4 Å². The number of phenols is 2. The first-order valence-corrected chi connectivity index (χ1v) is 23.9. The fraction of sp³-hybridized carbons (Fsp3) is 0.364. The molecule has 0 unspecified atom stereocenters. The molecule has 18 heteroatoms. The van der Waals surface area contributed by atoms with Crippen LogP contribution in [0.3, 0.4) is 0 Å². The van der Waals surface area contributed by atoms with Crippen molar-refractivity contribution in [3.05, 3.63) is 94.2 Å². The van der Waals surface area contributed by atoms with Crippen molar-refractivity contribution in [2.75, 3.05) is 16.1 Å². The van der Waals surface area contributed by atoms with Crippen LogP contribution in [-0.4, -0.2) is 60.0 Å². The number of aromatic hydroxyl groups is 2. The molecular weight excluding hydrogens is 874 g/mol. The highest BCUT2D eigenvalue weighted by Crippen LogP contribution is 2.38. The van der Waals surface area contributed by atoms with E-state index in [-0.39, 0.29) is 54.7 Å². The van der Waals surface area contributed by atoms with E-state index in [1.807, 2.05) is 41.5 Å². The number of anilines is 2. The van der Waals surface area contributed by atoms with Crippen molar-refractivity contribution in [1.82, 2.24) is 14.9 Å². The van der Waals surface area contributed by atoms with Gasteiger partial charge in [-0.25, -0.2) is 26.8 Å². The molecule has 0 spiro atoms. The Hall–Kier alpha value is -5.16. The fourth-order valence-electron chi connectivity index (χ4n) is 6.53. The van der Waals surface area contributed by atoms with Crippen molar-refractivity contribution in [3.8, 4) is 28.6 Å². The first-order valence-electron chi connectivity index (χ1n) is 20.2. The second-order valence-electron chi connectivity index (χ2n) is 17.1. The number of aliphatic imine (C=N–C) groups is 1. The molecule has 0 fully saturated rings. The maximum atomic E-state index is 14.1. The molecule has 1 aliphatic heterocycles. The van der Waals surface area contributed by atoms with Gasteiger partial charge in [0.25, 0.3) is 20.0 Å². The molecule has 0 saturated heterocycles. The minimum absolute atomic E-state index is 0.0372. The van der Waals surface area contributed by atoms with Crippen LogP contribution in [0, 0.1) is 5.41 Å². The normalized spacial score (nSPS) is 13.9. The molecule has 0 amide bonds. The van der Waals surface area contributed by atoms with Crippen molar-refractivity contribution < 1.29 is 31.8 Å². The lowest BCUT2D eigenvalue weighted by Gasteiger charge is -2.20. The molecule has 0 bridgehead atoms. The third-order valence-corrected chi connectivity index (χ3v) is 13.3. The lowest BCUT2D eigenvalue weighted by Crippen LogP contribution is -2.27. The number of nitrogens with zero attached hydrogens (tertiary/aromatic N) is 5. The molecule has 6 rings (SSSR count). The van der Waals surface area contributed by atoms with Gasteiger partial charge < -0.3 is 14.9 Å². The summed E-state index contributed by atoms with van der Waals surface area (Å²) in [6, 6.07) is 17.7. The highest BCUT2D eigenvalue weighted by molar-refractivity contribution is 7.93. The van der Waals surface area contributed by atoms with Crippen LogP contribution < -0.4 is 14.2 Å². The lowest BCUT2D eigenvalue weighted by molar-refractivity contribution is 0.297. The smallest absolute Gasteiger partial charge is 0.265 e. The Kier molecular flexibility index (Phi) is 13.7. The molecule has 0 atom stereocenters. The second kappa shape index (κ2) is 18.3. The zero-order chi connectivity index (χ0) is 45.2. The van der Waals surface area contributed by atoms with Crippen LogP contribution in [0.5, 0.6) is 17.2 Å². The topological polar surface area (TPSA) is 197 Å². The molecule has 4 N–H and O–H groups in total. The number of aromatic nitrogens is 3. The minimum Gasteiger partial charge on any atom is -0.507 e. The Morgan fingerprint density at radius 2 is 1.35 bits per heavy atom. The highest BCUT2D eigenvalue weighted by Gasteiger charge is 2.35. The van der Waals surface area contributed by atoms with Gasteiger partial charge in [0.1, 0.15) is 27.0 Å². The Labute approximate surface area is 373 Å². The van der Waals surface area contributed by atoms with Crippen LogP contribution in [0.1, 0.15) is 98.4 Å². The Morgan fingerprint density at radius 3 is 1.98 bits per heavy atom. The summed E-state index contributed by atoms with van der Waals surface area (Å²) in [7, 11) is -8.72. The monoisotopic (exact) mass is 923 g/mol. The predicted molar refractivity (Wildman–Crippen MR) is 246 cm³/mol. The molecule has 5 aromatic rings. The van der Waals surface area contributed by atoms with Gasteiger partial charge in [-0.05, 0) is 84.1 Å². The number of nitrogens with one attached hydrogen (secondary N) is 2. The van der Waals surface area contributed by atoms with E-state index < -0.39 is 31.2 Å². The summed E-state index contributed by atoms with van der Waals surface area (Å²) in [6.07, 6.45) is 6.02. The van der Waals surface area contributed by atoms with E-state index >= 15 is 0 Å². The van der Waals surface area contributed by atoms with Crippen molar-refractivity contribution >= 4 is 71.7 Å². The van der Waals surface area contributed by atoms with Crippen LogP contribution in [0.4, 0.5) is 17.1 Å². The first-order chi connectivity index (χ1) is 29.1. The number of halogens is 2. The van der Waals surface area contributed by atoms with E-state index in [2.05, 4.69) is 26.6 Å². The largest absolute Gasteiger partial charge is 0.507 e. The van der Waals surface area contributed by atoms with Gasteiger partial charge in [0.05, 0.1) is 33.7 Å². The number of phenolic OH excluding ortho intramolecular Hbond substituents is 2. The molecule has 1 aromatic heterocycles. The van der Waals surface area contributed by atoms with E-state index in [9.17, 15) is 27.0 Å². The van der Waals surface area contributed by atoms with E-state index in [1.165, 1.54) is 47.3 Å². The van der Waals surface area contributed by atoms with Gasteiger partial charge in [0.2, 0.25) is 5.82 Å². The van der Waals surface area contributed by atoms with Gasteiger partial charge in [-0.1, -0.05) is 110 Å². The van der Waals surface area contributed by atoms with Crippen molar-refractivity contribution in [2.45, 2.75) is 102 Å². The van der Waals surface area contributed by atoms with Crippen LogP contribution in [0.2, 0.25) is 10.0 Å². The van der Waals surface area contributed by atoms with Crippen molar-refractivity contribution in [2.24, 2.45) is 15.5 Å². The number of hydrogen-bond donors (Lipinski definition) is 4. The van der Waals surface area contributed by atoms with E-state index in [0.717, 1.165) is 37.7 Å². The van der Waals surface area contributed by atoms with E-state index in [4.69, 9.17) is 37.9 Å². The predicted octanol–water partition coefficient (Wildman–Crippen LogP) is 10.7. The Balaban J connectivity index is 1.26. The molecule has 330 valence electrons. The maximum Gasteiger partial charge on any atom is 0.265 e. The van der Waals surface area contributed by atoms with Gasteiger partial charge in [0, 0.05) is 16.7 Å². The standard InChI is InChI=1S/C44H51Cl2N7O7S2/c1-8-9-10-11-12-13-22-60-35-20-19-30(52-61(56,57)36-21-16-28(23-34(36)54)43(2,3)4)26-37(35)62(58,59)51-29-17-14-27(15-18-29)41-48-42-38(40(44(5,6)7)49-53(42)50-41)47-31-24-32(45)39(55)33(46)25-31/h14-21,23-26,51-52,54-55H,8-13,22H2,1-7H3. The average Bonchev–Trinajstić information content (AvgIpc) is 3.76. The van der Waals surface area contributed by atoms with Gasteiger partial charge in [-0.15, -0.1) is 9.89 Å². The minimum atomic E-state index is -4.38. The zero-order valence-corrected chi connectivity index (χ0v) is 38.8. The van der Waals surface area contributed by atoms with Crippen LogP contribution in [-0.2, 0) is 25.5 Å². The summed E-state index contributed by atoms with van der Waals surface area (Å²) >= 11 is 12.4. The third kappa shape index (κ3) is 10.7. The number of hydrogen-bond acceptors (Lipinski definition) is 11. The van der Waals surface area contributed by atoms with Gasteiger partial charge >= 0.3 is 0 Å².